The van der Waals surface area contributed by atoms with Gasteiger partial charge in [0.25, 0.3) is 0 Å². The molecule has 0 bridgehead atoms. The minimum absolute atomic E-state index is 0.0774. The van der Waals surface area contributed by atoms with Gasteiger partial charge in [-0.15, -0.1) is 0 Å². The van der Waals surface area contributed by atoms with E-state index in [9.17, 15) is 14.0 Å². The standard InChI is InChI=1S/C19H19FO4/c1-13(2)11-23-18(21)16-8-3-4-9-17(16)19(22)24-12-14-6-5-7-15(20)10-14/h3-10,13H,11-12H2,1-2H3. The zero-order valence-corrected chi connectivity index (χ0v) is 13.6. The molecule has 0 amide bonds. The van der Waals surface area contributed by atoms with Crippen molar-refractivity contribution >= 4 is 11.9 Å². The first kappa shape index (κ1) is 17.7. The molecule has 0 heterocycles. The summed E-state index contributed by atoms with van der Waals surface area (Å²) in [6.07, 6.45) is 0. The zero-order valence-electron chi connectivity index (χ0n) is 13.6. The van der Waals surface area contributed by atoms with E-state index >= 15 is 0 Å². The van der Waals surface area contributed by atoms with Crippen LogP contribution in [0, 0.1) is 11.7 Å². The molecule has 2 aromatic rings. The second-order valence-corrected chi connectivity index (χ2v) is 5.74. The Labute approximate surface area is 140 Å². The third-order valence-corrected chi connectivity index (χ3v) is 3.17. The maximum atomic E-state index is 13.1. The lowest BCUT2D eigenvalue weighted by Gasteiger charge is -2.11. The van der Waals surface area contributed by atoms with Crippen LogP contribution in [0.5, 0.6) is 0 Å². The molecule has 4 nitrogen and oxygen atoms in total. The quantitative estimate of drug-likeness (QED) is 0.751. The molecule has 0 radical (unpaired) electrons. The predicted octanol–water partition coefficient (Wildman–Crippen LogP) is 4.00. The van der Waals surface area contributed by atoms with Crippen LogP contribution in [0.25, 0.3) is 0 Å². The molecule has 0 atom stereocenters. The first-order valence-electron chi connectivity index (χ1n) is 7.65. The summed E-state index contributed by atoms with van der Waals surface area (Å²) in [6, 6.07) is 12.1. The molecule has 0 aliphatic heterocycles. The molecule has 2 rings (SSSR count). The van der Waals surface area contributed by atoms with Crippen LogP contribution in [-0.4, -0.2) is 18.5 Å². The van der Waals surface area contributed by atoms with Gasteiger partial charge in [-0.25, -0.2) is 14.0 Å². The average molecular weight is 330 g/mol. The predicted molar refractivity (Wildman–Crippen MR) is 87.1 cm³/mol. The van der Waals surface area contributed by atoms with Gasteiger partial charge in [-0.2, -0.15) is 0 Å². The van der Waals surface area contributed by atoms with E-state index in [0.29, 0.717) is 5.56 Å². The summed E-state index contributed by atoms with van der Waals surface area (Å²) in [5, 5.41) is 0. The summed E-state index contributed by atoms with van der Waals surface area (Å²) in [4.78, 5) is 24.4. The van der Waals surface area contributed by atoms with E-state index in [2.05, 4.69) is 0 Å². The molecule has 0 fully saturated rings. The lowest BCUT2D eigenvalue weighted by molar-refractivity contribution is 0.0418. The molecule has 5 heteroatoms. The van der Waals surface area contributed by atoms with Crippen molar-refractivity contribution in [2.45, 2.75) is 20.5 Å². The number of rotatable bonds is 6. The molecule has 2 aromatic carbocycles. The van der Waals surface area contributed by atoms with Gasteiger partial charge in [-0.1, -0.05) is 38.1 Å². The van der Waals surface area contributed by atoms with Crippen LogP contribution in [0.15, 0.2) is 48.5 Å². The van der Waals surface area contributed by atoms with E-state index in [1.54, 1.807) is 18.2 Å². The SMILES string of the molecule is CC(C)COC(=O)c1ccccc1C(=O)OCc1cccc(F)c1. The van der Waals surface area contributed by atoms with Crippen molar-refractivity contribution in [3.63, 3.8) is 0 Å². The minimum Gasteiger partial charge on any atom is -0.462 e. The van der Waals surface area contributed by atoms with Crippen molar-refractivity contribution in [2.75, 3.05) is 6.61 Å². The Morgan fingerprint density at radius 2 is 1.58 bits per heavy atom. The fourth-order valence-electron chi connectivity index (χ4n) is 2.01. The van der Waals surface area contributed by atoms with E-state index in [0.717, 1.165) is 0 Å². The molecular weight excluding hydrogens is 311 g/mol. The number of hydrogen-bond acceptors (Lipinski definition) is 4. The molecule has 0 N–H and O–H groups in total. The second kappa shape index (κ2) is 8.24. The Bertz CT molecular complexity index is 725. The van der Waals surface area contributed by atoms with E-state index in [4.69, 9.17) is 9.47 Å². The van der Waals surface area contributed by atoms with Crippen molar-refractivity contribution in [1.82, 2.24) is 0 Å². The first-order chi connectivity index (χ1) is 11.5. The smallest absolute Gasteiger partial charge is 0.339 e. The van der Waals surface area contributed by atoms with Gasteiger partial charge < -0.3 is 9.47 Å². The van der Waals surface area contributed by atoms with Crippen molar-refractivity contribution in [2.24, 2.45) is 5.92 Å². The average Bonchev–Trinajstić information content (AvgIpc) is 2.57. The van der Waals surface area contributed by atoms with Crippen LogP contribution in [0.1, 0.15) is 40.1 Å². The summed E-state index contributed by atoms with van der Waals surface area (Å²) in [6.45, 7) is 4.04. The number of benzene rings is 2. The number of halogens is 1. The lowest BCUT2D eigenvalue weighted by Crippen LogP contribution is -2.15. The Morgan fingerprint density at radius 1 is 0.958 bits per heavy atom. The molecule has 0 unspecified atom stereocenters. The topological polar surface area (TPSA) is 52.6 Å². The Kier molecular flexibility index (Phi) is 6.07. The van der Waals surface area contributed by atoms with Crippen LogP contribution in [0.2, 0.25) is 0 Å². The maximum Gasteiger partial charge on any atom is 0.339 e. The summed E-state index contributed by atoms with van der Waals surface area (Å²) >= 11 is 0. The molecule has 0 saturated heterocycles. The third-order valence-electron chi connectivity index (χ3n) is 3.17. The molecule has 0 spiro atoms. The molecule has 0 aliphatic rings. The fraction of sp³-hybridized carbons (Fsp3) is 0.263. The highest BCUT2D eigenvalue weighted by Crippen LogP contribution is 2.14. The number of hydrogen-bond donors (Lipinski definition) is 0. The Morgan fingerprint density at radius 3 is 2.17 bits per heavy atom. The number of carbonyl (C=O) groups excluding carboxylic acids is 2. The third kappa shape index (κ3) is 4.91. The fourth-order valence-corrected chi connectivity index (χ4v) is 2.01. The molecule has 126 valence electrons. The monoisotopic (exact) mass is 330 g/mol. The van der Waals surface area contributed by atoms with Crippen molar-refractivity contribution in [3.05, 3.63) is 71.0 Å². The summed E-state index contributed by atoms with van der Waals surface area (Å²) < 4.78 is 23.5. The van der Waals surface area contributed by atoms with Crippen LogP contribution >= 0.6 is 0 Å². The summed E-state index contributed by atoms with van der Waals surface area (Å²) in [5.41, 5.74) is 0.813. The largest absolute Gasteiger partial charge is 0.462 e. The number of carbonyl (C=O) groups is 2. The van der Waals surface area contributed by atoms with Crippen LogP contribution in [-0.2, 0) is 16.1 Å². The van der Waals surface area contributed by atoms with Gasteiger partial charge in [0.2, 0.25) is 0 Å². The normalized spacial score (nSPS) is 10.5. The molecule has 24 heavy (non-hydrogen) atoms. The minimum atomic E-state index is -0.656. The lowest BCUT2D eigenvalue weighted by atomic mass is 10.1. The first-order valence-corrected chi connectivity index (χ1v) is 7.65. The Hall–Kier alpha value is -2.69. The summed E-state index contributed by atoms with van der Waals surface area (Å²) in [7, 11) is 0. The van der Waals surface area contributed by atoms with Crippen molar-refractivity contribution in [3.8, 4) is 0 Å². The molecule has 0 aromatic heterocycles. The number of esters is 2. The summed E-state index contributed by atoms with van der Waals surface area (Å²) in [5.74, 6) is -1.43. The van der Waals surface area contributed by atoms with Gasteiger partial charge >= 0.3 is 11.9 Å². The van der Waals surface area contributed by atoms with Crippen molar-refractivity contribution < 1.29 is 23.5 Å². The van der Waals surface area contributed by atoms with Crippen molar-refractivity contribution in [1.29, 1.82) is 0 Å². The van der Waals surface area contributed by atoms with Crippen LogP contribution < -0.4 is 0 Å². The molecular formula is C19H19FO4. The van der Waals surface area contributed by atoms with Gasteiger partial charge in [0.1, 0.15) is 12.4 Å². The molecule has 0 aliphatic carbocycles. The highest BCUT2D eigenvalue weighted by molar-refractivity contribution is 6.03. The van der Waals surface area contributed by atoms with E-state index < -0.39 is 17.8 Å². The van der Waals surface area contributed by atoms with E-state index in [1.807, 2.05) is 13.8 Å². The van der Waals surface area contributed by atoms with Gasteiger partial charge in [0.15, 0.2) is 0 Å². The van der Waals surface area contributed by atoms with Gasteiger partial charge in [0.05, 0.1) is 17.7 Å². The second-order valence-electron chi connectivity index (χ2n) is 5.74. The van der Waals surface area contributed by atoms with E-state index in [1.165, 1.54) is 30.3 Å². The highest BCUT2D eigenvalue weighted by Gasteiger charge is 2.19. The van der Waals surface area contributed by atoms with E-state index in [-0.39, 0.29) is 30.3 Å². The van der Waals surface area contributed by atoms with Gasteiger partial charge in [-0.3, -0.25) is 0 Å². The van der Waals surface area contributed by atoms with Crippen LogP contribution in [0.3, 0.4) is 0 Å². The number of ether oxygens (including phenoxy) is 2. The molecule has 0 saturated carbocycles. The maximum absolute atomic E-state index is 13.1. The van der Waals surface area contributed by atoms with Gasteiger partial charge in [-0.05, 0) is 35.7 Å². The van der Waals surface area contributed by atoms with Gasteiger partial charge in [0, 0.05) is 0 Å². The van der Waals surface area contributed by atoms with Crippen LogP contribution in [0.4, 0.5) is 4.39 Å². The Balaban J connectivity index is 2.07. The zero-order chi connectivity index (χ0) is 17.5. The highest BCUT2D eigenvalue weighted by atomic mass is 19.1.